The van der Waals surface area contributed by atoms with Gasteiger partial charge in [0, 0.05) is 24.8 Å². The number of nitrogens with zero attached hydrogens (tertiary/aromatic N) is 3. The van der Waals surface area contributed by atoms with E-state index in [2.05, 4.69) is 27.9 Å². The Balaban J connectivity index is 1.54. The molecule has 7 heteroatoms. The van der Waals surface area contributed by atoms with E-state index in [-0.39, 0.29) is 23.1 Å². The molecule has 0 radical (unpaired) electrons. The Morgan fingerprint density at radius 2 is 2.07 bits per heavy atom. The average Bonchev–Trinajstić information content (AvgIpc) is 3.16. The zero-order valence-electron chi connectivity index (χ0n) is 16.9. The molecule has 29 heavy (non-hydrogen) atoms. The van der Waals surface area contributed by atoms with Gasteiger partial charge in [-0.2, -0.15) is 5.10 Å². The van der Waals surface area contributed by atoms with Crippen molar-refractivity contribution in [3.05, 3.63) is 58.2 Å². The summed E-state index contributed by atoms with van der Waals surface area (Å²) in [5.74, 6) is 0.799. The van der Waals surface area contributed by atoms with Crippen LogP contribution in [0.5, 0.6) is 0 Å². The first kappa shape index (κ1) is 19.6. The smallest absolute Gasteiger partial charge is 0.263 e. The molecule has 2 N–H and O–H groups in total. The highest BCUT2D eigenvalue weighted by Gasteiger charge is 2.22. The summed E-state index contributed by atoms with van der Waals surface area (Å²) in [6.07, 6.45) is 13.0. The number of piperidine rings is 1. The van der Waals surface area contributed by atoms with Crippen molar-refractivity contribution in [2.24, 2.45) is 5.92 Å². The first-order chi connectivity index (χ1) is 14.1. The minimum Gasteiger partial charge on any atom is -0.317 e. The third-order valence-corrected chi connectivity index (χ3v) is 6.02. The van der Waals surface area contributed by atoms with Crippen LogP contribution in [0.3, 0.4) is 0 Å². The minimum absolute atomic E-state index is 0.140. The second kappa shape index (κ2) is 8.78. The van der Waals surface area contributed by atoms with Crippen molar-refractivity contribution in [3.8, 4) is 0 Å². The summed E-state index contributed by atoms with van der Waals surface area (Å²) < 4.78 is 3.57. The number of carbonyl (C=O) groups is 1. The normalized spacial score (nSPS) is 20.0. The Bertz CT molecular complexity index is 952. The molecule has 1 unspecified atom stereocenters. The Hall–Kier alpha value is -2.67. The zero-order chi connectivity index (χ0) is 20.2. The second-order valence-corrected chi connectivity index (χ2v) is 8.07. The molecule has 1 aliphatic carbocycles. The van der Waals surface area contributed by atoms with E-state index in [1.165, 1.54) is 0 Å². The van der Waals surface area contributed by atoms with Gasteiger partial charge in [-0.05, 0) is 69.7 Å². The highest BCUT2D eigenvalue weighted by Crippen LogP contribution is 2.22. The number of rotatable bonds is 5. The van der Waals surface area contributed by atoms with Gasteiger partial charge in [-0.3, -0.25) is 9.59 Å². The standard InChI is InChI=1S/C22H29N5O2/c1-16-10-14-26(18-7-11-23-12-8-18)22(29)20(16)21(28)25-19-9-13-24-27(19)15-17-5-3-2-4-6-17/h2-3,9-10,13-14,17-18,23H,4-8,11-12,15H2,1H3,(H,25,28). The number of aryl methyl sites for hydroxylation is 1. The molecule has 0 bridgehead atoms. The molecule has 1 atom stereocenters. The van der Waals surface area contributed by atoms with E-state index in [0.29, 0.717) is 17.3 Å². The molecule has 3 heterocycles. The number of carbonyl (C=O) groups excluding carboxylic acids is 1. The van der Waals surface area contributed by atoms with E-state index in [1.54, 1.807) is 16.8 Å². The van der Waals surface area contributed by atoms with Crippen molar-refractivity contribution in [2.45, 2.75) is 51.6 Å². The number of amides is 1. The molecule has 2 aromatic rings. The Labute approximate surface area is 170 Å². The van der Waals surface area contributed by atoms with Crippen molar-refractivity contribution in [2.75, 3.05) is 18.4 Å². The van der Waals surface area contributed by atoms with Crippen LogP contribution >= 0.6 is 0 Å². The molecular formula is C22H29N5O2. The molecule has 1 aliphatic heterocycles. The quantitative estimate of drug-likeness (QED) is 0.763. The minimum atomic E-state index is -0.360. The maximum Gasteiger partial charge on any atom is 0.263 e. The lowest BCUT2D eigenvalue weighted by molar-refractivity contribution is 0.102. The molecule has 1 fully saturated rings. The predicted octanol–water partition coefficient (Wildman–Crippen LogP) is 2.89. The van der Waals surface area contributed by atoms with Gasteiger partial charge in [0.2, 0.25) is 0 Å². The summed E-state index contributed by atoms with van der Waals surface area (Å²) in [7, 11) is 0. The fraction of sp³-hybridized carbons (Fsp3) is 0.500. The third-order valence-electron chi connectivity index (χ3n) is 6.02. The summed E-state index contributed by atoms with van der Waals surface area (Å²) in [5.41, 5.74) is 0.707. The van der Waals surface area contributed by atoms with Crippen LogP contribution in [0.15, 0.2) is 41.5 Å². The molecule has 154 valence electrons. The first-order valence-electron chi connectivity index (χ1n) is 10.5. The monoisotopic (exact) mass is 395 g/mol. The topological polar surface area (TPSA) is 81.0 Å². The zero-order valence-corrected chi connectivity index (χ0v) is 16.9. The highest BCUT2D eigenvalue weighted by atomic mass is 16.2. The summed E-state index contributed by atoms with van der Waals surface area (Å²) in [5, 5.41) is 10.6. The Morgan fingerprint density at radius 3 is 2.83 bits per heavy atom. The summed E-state index contributed by atoms with van der Waals surface area (Å²) in [4.78, 5) is 26.2. The van der Waals surface area contributed by atoms with Crippen LogP contribution in [0.4, 0.5) is 5.82 Å². The molecule has 2 aromatic heterocycles. The van der Waals surface area contributed by atoms with Crippen LogP contribution in [0.25, 0.3) is 0 Å². The van der Waals surface area contributed by atoms with Gasteiger partial charge in [-0.1, -0.05) is 12.2 Å². The second-order valence-electron chi connectivity index (χ2n) is 8.07. The summed E-state index contributed by atoms with van der Waals surface area (Å²) in [6.45, 7) is 4.36. The lowest BCUT2D eigenvalue weighted by Gasteiger charge is -2.25. The summed E-state index contributed by atoms with van der Waals surface area (Å²) >= 11 is 0. The van der Waals surface area contributed by atoms with Crippen LogP contribution in [-0.2, 0) is 6.54 Å². The number of anilines is 1. The maximum absolute atomic E-state index is 13.1. The lowest BCUT2D eigenvalue weighted by atomic mass is 9.94. The Morgan fingerprint density at radius 1 is 1.24 bits per heavy atom. The fourth-order valence-corrected chi connectivity index (χ4v) is 4.32. The van der Waals surface area contributed by atoms with Crippen LogP contribution in [0.1, 0.15) is 54.1 Å². The van der Waals surface area contributed by atoms with Crippen molar-refractivity contribution in [1.82, 2.24) is 19.7 Å². The number of nitrogens with one attached hydrogen (secondary N) is 2. The van der Waals surface area contributed by atoms with Gasteiger partial charge in [0.25, 0.3) is 11.5 Å². The van der Waals surface area contributed by atoms with Crippen LogP contribution in [-0.4, -0.2) is 33.3 Å². The van der Waals surface area contributed by atoms with Crippen LogP contribution in [0, 0.1) is 12.8 Å². The first-order valence-corrected chi connectivity index (χ1v) is 10.5. The molecule has 1 amide bonds. The van der Waals surface area contributed by atoms with E-state index in [4.69, 9.17) is 0 Å². The molecule has 0 aromatic carbocycles. The van der Waals surface area contributed by atoms with Gasteiger partial charge in [-0.15, -0.1) is 0 Å². The average molecular weight is 396 g/mol. The van der Waals surface area contributed by atoms with Gasteiger partial charge in [0.15, 0.2) is 0 Å². The van der Waals surface area contributed by atoms with Gasteiger partial charge >= 0.3 is 0 Å². The number of pyridine rings is 1. The third kappa shape index (κ3) is 4.34. The largest absolute Gasteiger partial charge is 0.317 e. The van der Waals surface area contributed by atoms with E-state index in [0.717, 1.165) is 51.7 Å². The van der Waals surface area contributed by atoms with Crippen LogP contribution < -0.4 is 16.2 Å². The molecule has 0 spiro atoms. The molecule has 7 nitrogen and oxygen atoms in total. The van der Waals surface area contributed by atoms with Crippen molar-refractivity contribution in [3.63, 3.8) is 0 Å². The highest BCUT2D eigenvalue weighted by molar-refractivity contribution is 6.04. The van der Waals surface area contributed by atoms with Gasteiger partial charge in [0.05, 0.1) is 6.20 Å². The number of hydrogen-bond acceptors (Lipinski definition) is 4. The molecule has 1 saturated heterocycles. The van der Waals surface area contributed by atoms with E-state index in [9.17, 15) is 9.59 Å². The van der Waals surface area contributed by atoms with Crippen molar-refractivity contribution >= 4 is 11.7 Å². The molecule has 4 rings (SSSR count). The fourth-order valence-electron chi connectivity index (χ4n) is 4.32. The SMILES string of the molecule is Cc1ccn(C2CCNCC2)c(=O)c1C(=O)Nc1ccnn1CC1CC=CCC1. The molecule has 2 aliphatic rings. The number of aromatic nitrogens is 3. The van der Waals surface area contributed by atoms with E-state index < -0.39 is 0 Å². The van der Waals surface area contributed by atoms with E-state index in [1.807, 2.05) is 23.9 Å². The predicted molar refractivity (Wildman–Crippen MR) is 113 cm³/mol. The number of hydrogen-bond donors (Lipinski definition) is 2. The van der Waals surface area contributed by atoms with E-state index >= 15 is 0 Å². The maximum atomic E-state index is 13.1. The van der Waals surface area contributed by atoms with Crippen LogP contribution in [0.2, 0.25) is 0 Å². The lowest BCUT2D eigenvalue weighted by Crippen LogP contribution is -2.37. The van der Waals surface area contributed by atoms with Gasteiger partial charge in [0.1, 0.15) is 11.4 Å². The van der Waals surface area contributed by atoms with Gasteiger partial charge < -0.3 is 15.2 Å². The van der Waals surface area contributed by atoms with Crippen molar-refractivity contribution < 1.29 is 4.79 Å². The number of allylic oxidation sites excluding steroid dienone is 2. The Kier molecular flexibility index (Phi) is 5.94. The van der Waals surface area contributed by atoms with Gasteiger partial charge in [-0.25, -0.2) is 4.68 Å². The molecule has 0 saturated carbocycles. The summed E-state index contributed by atoms with van der Waals surface area (Å²) in [6, 6.07) is 3.80. The van der Waals surface area contributed by atoms with Crippen molar-refractivity contribution in [1.29, 1.82) is 0 Å². The molecular weight excluding hydrogens is 366 g/mol.